The van der Waals surface area contributed by atoms with E-state index < -0.39 is 35.6 Å². The lowest BCUT2D eigenvalue weighted by Gasteiger charge is -2.12. The standard InChI is InChI=1S/2C8H12O4/c2*1-12-8(11)6-4-2-3-5(6)7(9)10/h2*5-6H,2-4H2,1H3,(H,9,10)/t2*5-,6-/m10/s1. The number of carbonyl (C=O) groups is 4. The molecule has 2 rings (SSSR count). The fraction of sp³-hybridized carbons (Fsp3) is 0.750. The van der Waals surface area contributed by atoms with Crippen LogP contribution in [0.4, 0.5) is 0 Å². The average Bonchev–Trinajstić information content (AvgIpc) is 3.22. The molecule has 0 aromatic heterocycles. The summed E-state index contributed by atoms with van der Waals surface area (Å²) < 4.78 is 9.02. The van der Waals surface area contributed by atoms with Crippen LogP contribution in [-0.2, 0) is 28.7 Å². The third-order valence-corrected chi connectivity index (χ3v) is 4.67. The fourth-order valence-electron chi connectivity index (χ4n) is 3.38. The van der Waals surface area contributed by atoms with E-state index in [4.69, 9.17) is 10.2 Å². The number of esters is 2. The molecule has 0 saturated heterocycles. The third kappa shape index (κ3) is 4.94. The van der Waals surface area contributed by atoms with Crippen LogP contribution in [0.15, 0.2) is 0 Å². The van der Waals surface area contributed by atoms with Gasteiger partial charge in [-0.3, -0.25) is 19.2 Å². The van der Waals surface area contributed by atoms with Gasteiger partial charge >= 0.3 is 23.9 Å². The number of carboxylic acid groups (broad SMARTS) is 2. The monoisotopic (exact) mass is 344 g/mol. The highest BCUT2D eigenvalue weighted by Gasteiger charge is 2.39. The van der Waals surface area contributed by atoms with Gasteiger partial charge in [0.05, 0.1) is 37.9 Å². The molecule has 0 aromatic carbocycles. The molecule has 2 saturated carbocycles. The maximum absolute atomic E-state index is 11.0. The smallest absolute Gasteiger partial charge is 0.309 e. The molecule has 2 aliphatic carbocycles. The lowest BCUT2D eigenvalue weighted by Crippen LogP contribution is -2.26. The van der Waals surface area contributed by atoms with Crippen LogP contribution in [-0.4, -0.2) is 48.3 Å². The van der Waals surface area contributed by atoms with Gasteiger partial charge in [-0.05, 0) is 25.7 Å². The van der Waals surface area contributed by atoms with E-state index in [1.165, 1.54) is 14.2 Å². The van der Waals surface area contributed by atoms with E-state index in [0.29, 0.717) is 25.7 Å². The van der Waals surface area contributed by atoms with Crippen LogP contribution in [0.3, 0.4) is 0 Å². The van der Waals surface area contributed by atoms with Crippen molar-refractivity contribution in [1.29, 1.82) is 0 Å². The quantitative estimate of drug-likeness (QED) is 0.731. The third-order valence-electron chi connectivity index (χ3n) is 4.67. The molecule has 8 heteroatoms. The van der Waals surface area contributed by atoms with Crippen molar-refractivity contribution < 1.29 is 38.9 Å². The Bertz CT molecular complexity index is 442. The van der Waals surface area contributed by atoms with Crippen molar-refractivity contribution in [3.05, 3.63) is 0 Å². The zero-order valence-electron chi connectivity index (χ0n) is 13.9. The van der Waals surface area contributed by atoms with E-state index in [0.717, 1.165) is 12.8 Å². The van der Waals surface area contributed by atoms with Crippen LogP contribution in [0, 0.1) is 23.7 Å². The zero-order valence-corrected chi connectivity index (χ0v) is 13.9. The highest BCUT2D eigenvalue weighted by Crippen LogP contribution is 2.33. The van der Waals surface area contributed by atoms with Crippen molar-refractivity contribution in [2.75, 3.05) is 14.2 Å². The summed E-state index contributed by atoms with van der Waals surface area (Å²) in [5.41, 5.74) is 0. The predicted octanol–water partition coefficient (Wildman–Crippen LogP) is 1.32. The zero-order chi connectivity index (χ0) is 18.3. The first kappa shape index (κ1) is 19.9. The lowest BCUT2D eigenvalue weighted by atomic mass is 9.97. The predicted molar refractivity (Wildman–Crippen MR) is 81.0 cm³/mol. The number of rotatable bonds is 4. The molecule has 0 bridgehead atoms. The van der Waals surface area contributed by atoms with Crippen LogP contribution in [0.1, 0.15) is 38.5 Å². The van der Waals surface area contributed by atoms with Crippen LogP contribution < -0.4 is 0 Å². The van der Waals surface area contributed by atoms with E-state index in [2.05, 4.69) is 9.47 Å². The lowest BCUT2D eigenvalue weighted by molar-refractivity contribution is -0.154. The van der Waals surface area contributed by atoms with Crippen molar-refractivity contribution in [2.45, 2.75) is 38.5 Å². The Labute approximate surface area is 140 Å². The van der Waals surface area contributed by atoms with Gasteiger partial charge in [0.25, 0.3) is 0 Å². The number of carbonyl (C=O) groups excluding carboxylic acids is 2. The molecule has 0 heterocycles. The molecule has 0 aliphatic heterocycles. The van der Waals surface area contributed by atoms with Crippen LogP contribution >= 0.6 is 0 Å². The maximum atomic E-state index is 11.0. The van der Waals surface area contributed by atoms with Gasteiger partial charge in [-0.1, -0.05) is 12.8 Å². The Kier molecular flexibility index (Phi) is 7.67. The molecule has 2 fully saturated rings. The maximum Gasteiger partial charge on any atom is 0.309 e. The molecule has 0 spiro atoms. The molecule has 0 radical (unpaired) electrons. The van der Waals surface area contributed by atoms with E-state index in [1.54, 1.807) is 0 Å². The molecule has 24 heavy (non-hydrogen) atoms. The molecule has 0 aromatic rings. The first-order valence-electron chi connectivity index (χ1n) is 7.94. The van der Waals surface area contributed by atoms with Crippen LogP contribution in [0.25, 0.3) is 0 Å². The SMILES string of the molecule is COC(=O)[C@@H]1CCC[C@H]1C(=O)O.COC(=O)[C@H]1CCC[C@@H]1C(=O)O. The van der Waals surface area contributed by atoms with Crippen molar-refractivity contribution in [2.24, 2.45) is 23.7 Å². The molecule has 0 amide bonds. The molecule has 136 valence electrons. The summed E-state index contributed by atoms with van der Waals surface area (Å²) in [6, 6.07) is 0. The second kappa shape index (κ2) is 9.24. The normalized spacial score (nSPS) is 28.4. The van der Waals surface area contributed by atoms with Gasteiger partial charge < -0.3 is 19.7 Å². The van der Waals surface area contributed by atoms with E-state index >= 15 is 0 Å². The fourth-order valence-corrected chi connectivity index (χ4v) is 3.38. The van der Waals surface area contributed by atoms with E-state index in [-0.39, 0.29) is 11.9 Å². The molecular formula is C16H24O8. The summed E-state index contributed by atoms with van der Waals surface area (Å²) in [4.78, 5) is 43.3. The Balaban J connectivity index is 0.000000240. The van der Waals surface area contributed by atoms with Gasteiger partial charge in [0.1, 0.15) is 0 Å². The summed E-state index contributed by atoms with van der Waals surface area (Å²) in [6.45, 7) is 0. The minimum absolute atomic E-state index is 0.389. The highest BCUT2D eigenvalue weighted by atomic mass is 16.5. The molecule has 2 aliphatic rings. The Morgan fingerprint density at radius 2 is 0.958 bits per heavy atom. The molecule has 0 unspecified atom stereocenters. The van der Waals surface area contributed by atoms with Crippen molar-refractivity contribution >= 4 is 23.9 Å². The number of hydrogen-bond acceptors (Lipinski definition) is 6. The van der Waals surface area contributed by atoms with E-state index in [9.17, 15) is 19.2 Å². The van der Waals surface area contributed by atoms with Gasteiger partial charge in [0, 0.05) is 0 Å². The first-order valence-corrected chi connectivity index (χ1v) is 7.94. The molecule has 4 atom stereocenters. The molecule has 2 N–H and O–H groups in total. The second-order valence-corrected chi connectivity index (χ2v) is 6.01. The second-order valence-electron chi connectivity index (χ2n) is 6.01. The number of methoxy groups -OCH3 is 2. The molecule has 8 nitrogen and oxygen atoms in total. The summed E-state index contributed by atoms with van der Waals surface area (Å²) in [5.74, 6) is -4.46. The topological polar surface area (TPSA) is 127 Å². The van der Waals surface area contributed by atoms with Crippen molar-refractivity contribution in [3.63, 3.8) is 0 Å². The number of hydrogen-bond donors (Lipinski definition) is 2. The van der Waals surface area contributed by atoms with E-state index in [1.807, 2.05) is 0 Å². The summed E-state index contributed by atoms with van der Waals surface area (Å²) in [6.07, 6.45) is 4.07. The Morgan fingerprint density at radius 1 is 0.667 bits per heavy atom. The minimum Gasteiger partial charge on any atom is -0.481 e. The number of carboxylic acids is 2. The van der Waals surface area contributed by atoms with Gasteiger partial charge in [0.2, 0.25) is 0 Å². The summed E-state index contributed by atoms with van der Waals surface area (Å²) in [7, 11) is 2.58. The van der Waals surface area contributed by atoms with Gasteiger partial charge in [0.15, 0.2) is 0 Å². The number of aliphatic carboxylic acids is 2. The Hall–Kier alpha value is -2.12. The van der Waals surface area contributed by atoms with Gasteiger partial charge in [-0.25, -0.2) is 0 Å². The largest absolute Gasteiger partial charge is 0.481 e. The molecular weight excluding hydrogens is 320 g/mol. The van der Waals surface area contributed by atoms with Crippen LogP contribution in [0.5, 0.6) is 0 Å². The highest BCUT2D eigenvalue weighted by molar-refractivity contribution is 5.82. The first-order chi connectivity index (χ1) is 11.3. The van der Waals surface area contributed by atoms with Crippen LogP contribution in [0.2, 0.25) is 0 Å². The van der Waals surface area contributed by atoms with Crippen molar-refractivity contribution in [3.8, 4) is 0 Å². The average molecular weight is 344 g/mol. The summed E-state index contributed by atoms with van der Waals surface area (Å²) in [5, 5.41) is 17.4. The van der Waals surface area contributed by atoms with Gasteiger partial charge in [-0.2, -0.15) is 0 Å². The summed E-state index contributed by atoms with van der Waals surface area (Å²) >= 11 is 0. The van der Waals surface area contributed by atoms with Gasteiger partial charge in [-0.15, -0.1) is 0 Å². The minimum atomic E-state index is -0.886. The van der Waals surface area contributed by atoms with Crippen molar-refractivity contribution in [1.82, 2.24) is 0 Å². The number of ether oxygens (including phenoxy) is 2. The Morgan fingerprint density at radius 3 is 1.21 bits per heavy atom.